The number of hydrogen-bond donors (Lipinski definition) is 2. The highest BCUT2D eigenvalue weighted by atomic mass is 35.5. The Bertz CT molecular complexity index is 819. The van der Waals surface area contributed by atoms with E-state index in [9.17, 15) is 9.59 Å². The molecule has 3 rings (SSSR count). The van der Waals surface area contributed by atoms with Gasteiger partial charge in [0.25, 0.3) is 11.8 Å². The Morgan fingerprint density at radius 2 is 1.65 bits per heavy atom. The van der Waals surface area contributed by atoms with Crippen molar-refractivity contribution in [1.82, 2.24) is 5.32 Å². The number of aryl methyl sites for hydroxylation is 2. The number of anilines is 1. The van der Waals surface area contributed by atoms with E-state index < -0.39 is 0 Å². The lowest BCUT2D eigenvalue weighted by atomic mass is 10.1. The molecule has 136 valence electrons. The molecule has 0 bridgehead atoms. The molecule has 5 heteroatoms. The second-order valence-corrected chi connectivity index (χ2v) is 7.34. The predicted molar refractivity (Wildman–Crippen MR) is 105 cm³/mol. The molecule has 1 saturated carbocycles. The molecule has 0 saturated heterocycles. The third kappa shape index (κ3) is 4.25. The summed E-state index contributed by atoms with van der Waals surface area (Å²) in [4.78, 5) is 25.0. The van der Waals surface area contributed by atoms with Gasteiger partial charge in [0.1, 0.15) is 0 Å². The fourth-order valence-electron chi connectivity index (χ4n) is 3.40. The van der Waals surface area contributed by atoms with Gasteiger partial charge in [-0.05, 0) is 62.1 Å². The minimum Gasteiger partial charge on any atom is -0.349 e. The van der Waals surface area contributed by atoms with Crippen molar-refractivity contribution in [2.75, 3.05) is 5.32 Å². The summed E-state index contributed by atoms with van der Waals surface area (Å²) in [6.07, 6.45) is 4.36. The van der Waals surface area contributed by atoms with E-state index in [1.54, 1.807) is 24.3 Å². The van der Waals surface area contributed by atoms with E-state index in [1.165, 1.54) is 0 Å². The molecule has 2 aromatic rings. The molecule has 1 aliphatic rings. The maximum absolute atomic E-state index is 12.6. The van der Waals surface area contributed by atoms with Crippen LogP contribution in [0, 0.1) is 13.8 Å². The number of amides is 2. The number of benzene rings is 2. The number of rotatable bonds is 4. The summed E-state index contributed by atoms with van der Waals surface area (Å²) in [5.41, 5.74) is 3.47. The first-order valence-electron chi connectivity index (χ1n) is 8.93. The van der Waals surface area contributed by atoms with Crippen LogP contribution in [0.25, 0.3) is 0 Å². The van der Waals surface area contributed by atoms with Gasteiger partial charge in [0.15, 0.2) is 0 Å². The van der Waals surface area contributed by atoms with Crippen molar-refractivity contribution >= 4 is 29.1 Å². The molecule has 0 radical (unpaired) electrons. The lowest BCUT2D eigenvalue weighted by Gasteiger charge is -2.13. The number of halogens is 1. The number of nitrogens with one attached hydrogen (secondary N) is 2. The Morgan fingerprint density at radius 3 is 2.31 bits per heavy atom. The Labute approximate surface area is 158 Å². The molecule has 1 fully saturated rings. The first kappa shape index (κ1) is 18.5. The van der Waals surface area contributed by atoms with Gasteiger partial charge in [0, 0.05) is 17.2 Å². The largest absolute Gasteiger partial charge is 0.349 e. The van der Waals surface area contributed by atoms with E-state index in [-0.39, 0.29) is 17.9 Å². The standard InChI is InChI=1S/C21H23ClN2O2/c1-13-10-14(2)19(18(22)11-13)24-21(26)16-7-5-6-15(12-16)20(25)23-17-8-3-4-9-17/h5-7,10-12,17H,3-4,8-9H2,1-2H3,(H,23,25)(H,24,26). The highest BCUT2D eigenvalue weighted by Crippen LogP contribution is 2.28. The highest BCUT2D eigenvalue weighted by Gasteiger charge is 2.19. The summed E-state index contributed by atoms with van der Waals surface area (Å²) in [6.45, 7) is 3.86. The van der Waals surface area contributed by atoms with Crippen LogP contribution in [-0.4, -0.2) is 17.9 Å². The summed E-state index contributed by atoms with van der Waals surface area (Å²) >= 11 is 6.26. The Hall–Kier alpha value is -2.33. The monoisotopic (exact) mass is 370 g/mol. The van der Waals surface area contributed by atoms with Crippen molar-refractivity contribution < 1.29 is 9.59 Å². The van der Waals surface area contributed by atoms with Crippen LogP contribution in [0.1, 0.15) is 57.5 Å². The van der Waals surface area contributed by atoms with E-state index >= 15 is 0 Å². The smallest absolute Gasteiger partial charge is 0.255 e. The predicted octanol–water partition coefficient (Wildman–Crippen LogP) is 4.88. The molecule has 26 heavy (non-hydrogen) atoms. The molecule has 0 atom stereocenters. The third-order valence-corrected chi connectivity index (χ3v) is 5.05. The van der Waals surface area contributed by atoms with E-state index in [4.69, 9.17) is 11.6 Å². The zero-order chi connectivity index (χ0) is 18.7. The molecule has 0 aromatic heterocycles. The highest BCUT2D eigenvalue weighted by molar-refractivity contribution is 6.34. The minimum absolute atomic E-state index is 0.129. The second kappa shape index (κ2) is 7.92. The van der Waals surface area contributed by atoms with Crippen molar-refractivity contribution in [3.8, 4) is 0 Å². The van der Waals surface area contributed by atoms with Crippen molar-refractivity contribution in [2.45, 2.75) is 45.6 Å². The summed E-state index contributed by atoms with van der Waals surface area (Å²) in [5, 5.41) is 6.41. The van der Waals surface area contributed by atoms with Gasteiger partial charge in [0.05, 0.1) is 10.7 Å². The maximum atomic E-state index is 12.6. The van der Waals surface area contributed by atoms with E-state index in [0.717, 1.165) is 36.8 Å². The molecule has 2 N–H and O–H groups in total. The molecular formula is C21H23ClN2O2. The number of hydrogen-bond acceptors (Lipinski definition) is 2. The van der Waals surface area contributed by atoms with Gasteiger partial charge in [-0.25, -0.2) is 0 Å². The van der Waals surface area contributed by atoms with Gasteiger partial charge < -0.3 is 10.6 Å². The Morgan fingerprint density at radius 1 is 1.00 bits per heavy atom. The normalized spacial score (nSPS) is 14.3. The maximum Gasteiger partial charge on any atom is 0.255 e. The molecule has 0 aliphatic heterocycles. The van der Waals surface area contributed by atoms with Crippen LogP contribution in [0.4, 0.5) is 5.69 Å². The number of carbonyl (C=O) groups is 2. The van der Waals surface area contributed by atoms with Crippen LogP contribution >= 0.6 is 11.6 Å². The minimum atomic E-state index is -0.283. The van der Waals surface area contributed by atoms with E-state index in [0.29, 0.717) is 21.8 Å². The van der Waals surface area contributed by atoms with Gasteiger partial charge in [-0.15, -0.1) is 0 Å². The fourth-order valence-corrected chi connectivity index (χ4v) is 3.77. The first-order chi connectivity index (χ1) is 12.4. The van der Waals surface area contributed by atoms with Crippen LogP contribution in [0.15, 0.2) is 36.4 Å². The number of carbonyl (C=O) groups excluding carboxylic acids is 2. The topological polar surface area (TPSA) is 58.2 Å². The van der Waals surface area contributed by atoms with Crippen LogP contribution < -0.4 is 10.6 Å². The molecule has 0 unspecified atom stereocenters. The summed E-state index contributed by atoms with van der Waals surface area (Å²) in [6, 6.07) is 10.8. The fraction of sp³-hybridized carbons (Fsp3) is 0.333. The molecule has 2 amide bonds. The van der Waals surface area contributed by atoms with Gasteiger partial charge in [-0.3, -0.25) is 9.59 Å². The van der Waals surface area contributed by atoms with Crippen LogP contribution in [-0.2, 0) is 0 Å². The lowest BCUT2D eigenvalue weighted by Crippen LogP contribution is -2.32. The SMILES string of the molecule is Cc1cc(C)c(NC(=O)c2cccc(C(=O)NC3CCCC3)c2)c(Cl)c1. The second-order valence-electron chi connectivity index (χ2n) is 6.93. The van der Waals surface area contributed by atoms with Crippen LogP contribution in [0.2, 0.25) is 5.02 Å². The zero-order valence-corrected chi connectivity index (χ0v) is 15.8. The van der Waals surface area contributed by atoms with E-state index in [2.05, 4.69) is 10.6 Å². The lowest BCUT2D eigenvalue weighted by molar-refractivity contribution is 0.0938. The first-order valence-corrected chi connectivity index (χ1v) is 9.31. The quantitative estimate of drug-likeness (QED) is 0.805. The molecule has 0 heterocycles. The van der Waals surface area contributed by atoms with Crippen LogP contribution in [0.3, 0.4) is 0 Å². The van der Waals surface area contributed by atoms with E-state index in [1.807, 2.05) is 26.0 Å². The summed E-state index contributed by atoms with van der Waals surface area (Å²) in [7, 11) is 0. The van der Waals surface area contributed by atoms with Gasteiger partial charge >= 0.3 is 0 Å². The summed E-state index contributed by atoms with van der Waals surface area (Å²) in [5.74, 6) is -0.412. The van der Waals surface area contributed by atoms with Crippen molar-refractivity contribution in [3.05, 3.63) is 63.7 Å². The zero-order valence-electron chi connectivity index (χ0n) is 15.1. The molecule has 1 aliphatic carbocycles. The average Bonchev–Trinajstić information content (AvgIpc) is 3.11. The molecule has 4 nitrogen and oxygen atoms in total. The molecule has 2 aromatic carbocycles. The molecule has 0 spiro atoms. The van der Waals surface area contributed by atoms with Crippen molar-refractivity contribution in [3.63, 3.8) is 0 Å². The Balaban J connectivity index is 1.75. The van der Waals surface area contributed by atoms with Gasteiger partial charge in [0.2, 0.25) is 0 Å². The third-order valence-electron chi connectivity index (χ3n) is 4.75. The summed E-state index contributed by atoms with van der Waals surface area (Å²) < 4.78 is 0. The van der Waals surface area contributed by atoms with Crippen molar-refractivity contribution in [1.29, 1.82) is 0 Å². The van der Waals surface area contributed by atoms with Crippen LogP contribution in [0.5, 0.6) is 0 Å². The van der Waals surface area contributed by atoms with Crippen molar-refractivity contribution in [2.24, 2.45) is 0 Å². The average molecular weight is 371 g/mol. The van der Waals surface area contributed by atoms with Gasteiger partial charge in [-0.2, -0.15) is 0 Å². The Kier molecular flexibility index (Phi) is 5.62. The van der Waals surface area contributed by atoms with Gasteiger partial charge in [-0.1, -0.05) is 36.6 Å². The molecular weight excluding hydrogens is 348 g/mol.